The molecule has 2 fully saturated rings. The number of ether oxygens (including phenoxy) is 1. The fourth-order valence-corrected chi connectivity index (χ4v) is 4.10. The number of fused-ring (bicyclic) bond motifs is 1. The number of aliphatic hydroxyl groups is 1. The minimum absolute atomic E-state index is 0.00944. The standard InChI is InChI=1S/C18H18ClFN2O5/c19-14-15-11(5-12(20)16(14)21-4-3-9(6-21)8-23)17(24)13(27-18(25)26)7-22(15)10-1-2-10/h5,7,9-10,23H,1-4,6,8H2,(H,25,26)/t9-/m0/s1. The fourth-order valence-electron chi connectivity index (χ4n) is 3.69. The third-order valence-electron chi connectivity index (χ3n) is 5.15. The Bertz CT molecular complexity index is 988. The van der Waals surface area contributed by atoms with Gasteiger partial charge in [0, 0.05) is 31.7 Å². The van der Waals surface area contributed by atoms with Crippen molar-refractivity contribution in [2.24, 2.45) is 5.92 Å². The van der Waals surface area contributed by atoms with Crippen LogP contribution in [0.2, 0.25) is 5.02 Å². The summed E-state index contributed by atoms with van der Waals surface area (Å²) >= 11 is 6.56. The number of benzene rings is 1. The third-order valence-corrected chi connectivity index (χ3v) is 5.51. The van der Waals surface area contributed by atoms with Crippen molar-refractivity contribution in [2.45, 2.75) is 25.3 Å². The molecule has 0 unspecified atom stereocenters. The highest BCUT2D eigenvalue weighted by Crippen LogP contribution is 2.43. The number of rotatable bonds is 4. The van der Waals surface area contributed by atoms with Crippen LogP contribution in [0.15, 0.2) is 17.1 Å². The van der Waals surface area contributed by atoms with Crippen LogP contribution in [0, 0.1) is 11.7 Å². The van der Waals surface area contributed by atoms with Gasteiger partial charge in [0.15, 0.2) is 5.75 Å². The van der Waals surface area contributed by atoms with Gasteiger partial charge in [-0.1, -0.05) is 11.6 Å². The van der Waals surface area contributed by atoms with E-state index in [0.29, 0.717) is 18.6 Å². The molecule has 4 rings (SSSR count). The average Bonchev–Trinajstić information content (AvgIpc) is 3.35. The minimum Gasteiger partial charge on any atom is -0.449 e. The number of nitrogens with zero attached hydrogens (tertiary/aromatic N) is 2. The van der Waals surface area contributed by atoms with Gasteiger partial charge in [-0.2, -0.15) is 0 Å². The molecule has 7 nitrogen and oxygen atoms in total. The molecule has 1 aromatic carbocycles. The average molecular weight is 397 g/mol. The summed E-state index contributed by atoms with van der Waals surface area (Å²) in [4.78, 5) is 25.3. The molecule has 27 heavy (non-hydrogen) atoms. The van der Waals surface area contributed by atoms with Gasteiger partial charge in [0.25, 0.3) is 0 Å². The quantitative estimate of drug-likeness (QED) is 0.772. The van der Waals surface area contributed by atoms with Crippen molar-refractivity contribution < 1.29 is 24.1 Å². The zero-order valence-corrected chi connectivity index (χ0v) is 15.1. The predicted octanol–water partition coefficient (Wildman–Crippen LogP) is 3.00. The van der Waals surface area contributed by atoms with E-state index in [1.54, 1.807) is 9.47 Å². The highest BCUT2D eigenvalue weighted by atomic mass is 35.5. The molecule has 1 aliphatic carbocycles. The van der Waals surface area contributed by atoms with Gasteiger partial charge in [0.2, 0.25) is 5.43 Å². The number of carbonyl (C=O) groups is 1. The molecule has 144 valence electrons. The van der Waals surface area contributed by atoms with E-state index in [2.05, 4.69) is 4.74 Å². The van der Waals surface area contributed by atoms with Gasteiger partial charge in [0.1, 0.15) is 5.82 Å². The molecule has 1 saturated carbocycles. The summed E-state index contributed by atoms with van der Waals surface area (Å²) in [6, 6.07) is 1.16. The van der Waals surface area contributed by atoms with E-state index < -0.39 is 17.4 Å². The minimum atomic E-state index is -1.61. The number of aliphatic hydroxyl groups excluding tert-OH is 1. The maximum atomic E-state index is 14.9. The Kier molecular flexibility index (Phi) is 4.47. The van der Waals surface area contributed by atoms with Gasteiger partial charge in [0.05, 0.1) is 27.8 Å². The van der Waals surface area contributed by atoms with Gasteiger partial charge in [-0.15, -0.1) is 0 Å². The van der Waals surface area contributed by atoms with Crippen LogP contribution in [0.5, 0.6) is 5.75 Å². The van der Waals surface area contributed by atoms with Crippen molar-refractivity contribution in [2.75, 3.05) is 24.6 Å². The molecule has 2 aliphatic rings. The maximum Gasteiger partial charge on any atom is 0.511 e. The smallest absolute Gasteiger partial charge is 0.449 e. The van der Waals surface area contributed by atoms with E-state index >= 15 is 0 Å². The number of pyridine rings is 1. The molecule has 0 radical (unpaired) electrons. The van der Waals surface area contributed by atoms with Gasteiger partial charge in [-0.05, 0) is 25.3 Å². The second kappa shape index (κ2) is 6.69. The van der Waals surface area contributed by atoms with Crippen molar-refractivity contribution in [1.82, 2.24) is 4.57 Å². The lowest BCUT2D eigenvalue weighted by Gasteiger charge is -2.23. The Balaban J connectivity index is 1.93. The summed E-state index contributed by atoms with van der Waals surface area (Å²) < 4.78 is 21.2. The van der Waals surface area contributed by atoms with Crippen LogP contribution in [-0.4, -0.2) is 40.6 Å². The van der Waals surface area contributed by atoms with Crippen LogP contribution in [0.3, 0.4) is 0 Å². The largest absolute Gasteiger partial charge is 0.511 e. The lowest BCUT2D eigenvalue weighted by Crippen LogP contribution is -2.23. The molecule has 1 atom stereocenters. The predicted molar refractivity (Wildman–Crippen MR) is 97.5 cm³/mol. The van der Waals surface area contributed by atoms with E-state index in [4.69, 9.17) is 16.7 Å². The molecule has 1 aromatic heterocycles. The summed E-state index contributed by atoms with van der Waals surface area (Å²) in [6.45, 7) is 1.06. The van der Waals surface area contributed by atoms with Crippen LogP contribution in [-0.2, 0) is 0 Å². The van der Waals surface area contributed by atoms with E-state index in [1.807, 2.05) is 0 Å². The molecule has 1 aliphatic heterocycles. The Hall–Kier alpha value is -2.32. The van der Waals surface area contributed by atoms with Gasteiger partial charge in [-0.25, -0.2) is 9.18 Å². The van der Waals surface area contributed by atoms with Crippen LogP contribution in [0.25, 0.3) is 10.9 Å². The maximum absolute atomic E-state index is 14.9. The Morgan fingerprint density at radius 1 is 1.37 bits per heavy atom. The summed E-state index contributed by atoms with van der Waals surface area (Å²) in [5.74, 6) is -0.974. The first kappa shape index (κ1) is 18.1. The van der Waals surface area contributed by atoms with Crippen molar-refractivity contribution in [3.8, 4) is 5.75 Å². The molecule has 0 bridgehead atoms. The van der Waals surface area contributed by atoms with E-state index in [-0.39, 0.29) is 40.4 Å². The van der Waals surface area contributed by atoms with Crippen LogP contribution in [0.4, 0.5) is 14.9 Å². The first-order chi connectivity index (χ1) is 12.9. The first-order valence-corrected chi connectivity index (χ1v) is 9.12. The molecule has 2 N–H and O–H groups in total. The van der Waals surface area contributed by atoms with E-state index in [9.17, 15) is 19.1 Å². The normalized spacial score (nSPS) is 19.7. The zero-order valence-electron chi connectivity index (χ0n) is 14.3. The number of hydrogen-bond donors (Lipinski definition) is 2. The first-order valence-electron chi connectivity index (χ1n) is 8.74. The van der Waals surface area contributed by atoms with E-state index in [0.717, 1.165) is 25.3 Å². The molecular formula is C18H18ClFN2O5. The molecule has 2 aromatic rings. The second-order valence-electron chi connectivity index (χ2n) is 7.03. The van der Waals surface area contributed by atoms with Crippen molar-refractivity contribution in [1.29, 1.82) is 0 Å². The fraction of sp³-hybridized carbons (Fsp3) is 0.444. The summed E-state index contributed by atoms with van der Waals surface area (Å²) in [5, 5.41) is 18.3. The number of anilines is 1. The number of aromatic nitrogens is 1. The summed E-state index contributed by atoms with van der Waals surface area (Å²) in [5.41, 5.74) is -0.127. The monoisotopic (exact) mass is 396 g/mol. The molecule has 0 spiro atoms. The Labute approximate surface area is 158 Å². The van der Waals surface area contributed by atoms with Crippen LogP contribution in [0.1, 0.15) is 25.3 Å². The molecule has 9 heteroatoms. The van der Waals surface area contributed by atoms with Gasteiger partial charge >= 0.3 is 6.16 Å². The number of carboxylic acid groups (broad SMARTS) is 1. The molecule has 1 saturated heterocycles. The number of halogens is 2. The summed E-state index contributed by atoms with van der Waals surface area (Å²) in [7, 11) is 0. The SMILES string of the molecule is O=C(O)Oc1cn(C2CC2)c2c(Cl)c(N3CC[C@H](CO)C3)c(F)cc2c1=O. The number of hydrogen-bond acceptors (Lipinski definition) is 5. The summed E-state index contributed by atoms with van der Waals surface area (Å²) in [6.07, 6.45) is 2.16. The molecule has 0 amide bonds. The van der Waals surface area contributed by atoms with Crippen molar-refractivity contribution >= 4 is 34.3 Å². The second-order valence-corrected chi connectivity index (χ2v) is 7.41. The molecule has 2 heterocycles. The Morgan fingerprint density at radius 2 is 2.11 bits per heavy atom. The third kappa shape index (κ3) is 3.12. The van der Waals surface area contributed by atoms with Crippen molar-refractivity contribution in [3.05, 3.63) is 33.3 Å². The highest BCUT2D eigenvalue weighted by Gasteiger charge is 2.31. The van der Waals surface area contributed by atoms with Crippen LogP contribution >= 0.6 is 11.6 Å². The van der Waals surface area contributed by atoms with E-state index in [1.165, 1.54) is 6.20 Å². The lowest BCUT2D eigenvalue weighted by atomic mass is 10.1. The van der Waals surface area contributed by atoms with Crippen molar-refractivity contribution in [3.63, 3.8) is 0 Å². The highest BCUT2D eigenvalue weighted by molar-refractivity contribution is 6.38. The van der Waals surface area contributed by atoms with Crippen LogP contribution < -0.4 is 15.1 Å². The zero-order chi connectivity index (χ0) is 19.3. The lowest BCUT2D eigenvalue weighted by molar-refractivity contribution is 0.143. The Morgan fingerprint density at radius 3 is 2.70 bits per heavy atom. The molecular weight excluding hydrogens is 379 g/mol. The topological polar surface area (TPSA) is 92.0 Å². The van der Waals surface area contributed by atoms with Gasteiger partial charge in [-0.3, -0.25) is 4.79 Å². The van der Waals surface area contributed by atoms with Gasteiger partial charge < -0.3 is 24.4 Å².